The van der Waals surface area contributed by atoms with Crippen LogP contribution in [-0.2, 0) is 24.4 Å². The summed E-state index contributed by atoms with van der Waals surface area (Å²) in [4.78, 5) is 18.4. The van der Waals surface area contributed by atoms with Gasteiger partial charge in [-0.25, -0.2) is 0 Å². The van der Waals surface area contributed by atoms with Gasteiger partial charge in [0.2, 0.25) is 11.7 Å². The lowest BCUT2D eigenvalue weighted by Gasteiger charge is -2.29. The molecule has 0 aliphatic carbocycles. The molecule has 4 rings (SSSR count). The molecule has 0 fully saturated rings. The van der Waals surface area contributed by atoms with Gasteiger partial charge in [0.1, 0.15) is 0 Å². The Labute approximate surface area is 157 Å². The first-order valence-corrected chi connectivity index (χ1v) is 9.07. The van der Waals surface area contributed by atoms with E-state index < -0.39 is 0 Å². The van der Waals surface area contributed by atoms with Crippen LogP contribution in [0.5, 0.6) is 0 Å². The van der Waals surface area contributed by atoms with E-state index in [2.05, 4.69) is 20.6 Å². The van der Waals surface area contributed by atoms with Crippen molar-refractivity contribution in [1.82, 2.24) is 24.8 Å². The van der Waals surface area contributed by atoms with Crippen LogP contribution in [-0.4, -0.2) is 37.3 Å². The third-order valence-electron chi connectivity index (χ3n) is 4.53. The number of benzene rings is 1. The molecule has 1 aliphatic rings. The van der Waals surface area contributed by atoms with Crippen LogP contribution in [0.15, 0.2) is 40.9 Å². The lowest BCUT2D eigenvalue weighted by atomic mass is 10.1. The minimum Gasteiger partial charge on any atom is -0.335 e. The fourth-order valence-corrected chi connectivity index (χ4v) is 3.13. The highest BCUT2D eigenvalue weighted by Crippen LogP contribution is 2.19. The molecule has 27 heavy (non-hydrogen) atoms. The molecule has 140 valence electrons. The summed E-state index contributed by atoms with van der Waals surface area (Å²) in [5.74, 6) is 0.739. The summed E-state index contributed by atoms with van der Waals surface area (Å²) in [6.45, 7) is 6.35. The standard InChI is InChI=1S/C19H22N6O2/c1-13(2)18(26)24-8-9-25-16(12-24)10-15(22-25)11-20-19-21-17(23-27-19)14-6-4-3-5-7-14/h3-7,10,13H,8-9,11-12H2,1-2H3,(H,20,21,23). The highest BCUT2D eigenvalue weighted by molar-refractivity contribution is 5.78. The van der Waals surface area contributed by atoms with E-state index in [4.69, 9.17) is 4.52 Å². The van der Waals surface area contributed by atoms with Crippen molar-refractivity contribution in [2.75, 3.05) is 11.9 Å². The normalized spacial score (nSPS) is 13.7. The second-order valence-electron chi connectivity index (χ2n) is 6.91. The first-order valence-electron chi connectivity index (χ1n) is 9.07. The maximum atomic E-state index is 12.2. The van der Waals surface area contributed by atoms with E-state index in [0.717, 1.165) is 17.0 Å². The van der Waals surface area contributed by atoms with Crippen molar-refractivity contribution in [3.05, 3.63) is 47.8 Å². The number of nitrogens with one attached hydrogen (secondary N) is 1. The SMILES string of the molecule is CC(C)C(=O)N1CCn2nc(CNc3nc(-c4ccccc4)no3)cc2C1. The van der Waals surface area contributed by atoms with E-state index in [0.29, 0.717) is 38.0 Å². The number of carbonyl (C=O) groups is 1. The summed E-state index contributed by atoms with van der Waals surface area (Å²) < 4.78 is 7.22. The van der Waals surface area contributed by atoms with Gasteiger partial charge in [-0.1, -0.05) is 49.3 Å². The first kappa shape index (κ1) is 17.3. The van der Waals surface area contributed by atoms with Crippen molar-refractivity contribution < 1.29 is 9.32 Å². The molecule has 2 aromatic heterocycles. The van der Waals surface area contributed by atoms with E-state index >= 15 is 0 Å². The van der Waals surface area contributed by atoms with E-state index in [1.165, 1.54) is 0 Å². The smallest absolute Gasteiger partial charge is 0.322 e. The van der Waals surface area contributed by atoms with Crippen molar-refractivity contribution in [3.63, 3.8) is 0 Å². The van der Waals surface area contributed by atoms with Crippen molar-refractivity contribution in [2.24, 2.45) is 5.92 Å². The van der Waals surface area contributed by atoms with Gasteiger partial charge in [-0.2, -0.15) is 10.1 Å². The highest BCUT2D eigenvalue weighted by Gasteiger charge is 2.23. The maximum Gasteiger partial charge on any atom is 0.322 e. The molecule has 0 saturated carbocycles. The molecule has 1 N–H and O–H groups in total. The predicted molar refractivity (Wildman–Crippen MR) is 99.5 cm³/mol. The zero-order valence-corrected chi connectivity index (χ0v) is 15.4. The van der Waals surface area contributed by atoms with E-state index in [1.807, 2.05) is 59.8 Å². The van der Waals surface area contributed by atoms with E-state index in [-0.39, 0.29) is 11.8 Å². The maximum absolute atomic E-state index is 12.2. The average molecular weight is 366 g/mol. The van der Waals surface area contributed by atoms with Crippen molar-refractivity contribution in [2.45, 2.75) is 33.5 Å². The third kappa shape index (κ3) is 3.69. The predicted octanol–water partition coefficient (Wildman–Crippen LogP) is 2.54. The van der Waals surface area contributed by atoms with Crippen molar-refractivity contribution >= 4 is 11.9 Å². The third-order valence-corrected chi connectivity index (χ3v) is 4.53. The Bertz CT molecular complexity index is 931. The fourth-order valence-electron chi connectivity index (χ4n) is 3.13. The van der Waals surface area contributed by atoms with Gasteiger partial charge in [0.25, 0.3) is 0 Å². The monoisotopic (exact) mass is 366 g/mol. The second kappa shape index (κ2) is 7.22. The molecule has 0 spiro atoms. The number of nitrogens with zero attached hydrogens (tertiary/aromatic N) is 5. The number of hydrogen-bond acceptors (Lipinski definition) is 6. The second-order valence-corrected chi connectivity index (χ2v) is 6.91. The van der Waals surface area contributed by atoms with Crippen LogP contribution < -0.4 is 5.32 Å². The quantitative estimate of drug-likeness (QED) is 0.746. The number of anilines is 1. The molecule has 8 nitrogen and oxygen atoms in total. The summed E-state index contributed by atoms with van der Waals surface area (Å²) in [6.07, 6.45) is 0. The Morgan fingerprint density at radius 1 is 1.26 bits per heavy atom. The topological polar surface area (TPSA) is 89.1 Å². The molecule has 0 unspecified atom stereocenters. The Morgan fingerprint density at radius 2 is 2.07 bits per heavy atom. The molecule has 0 saturated heterocycles. The van der Waals surface area contributed by atoms with Crippen LogP contribution in [0, 0.1) is 5.92 Å². The van der Waals surface area contributed by atoms with Crippen LogP contribution in [0.25, 0.3) is 11.4 Å². The minimum absolute atomic E-state index is 0.0111. The van der Waals surface area contributed by atoms with Crippen LogP contribution in [0.1, 0.15) is 25.2 Å². The summed E-state index contributed by atoms with van der Waals surface area (Å²) in [5, 5.41) is 11.7. The molecule has 0 bridgehead atoms. The molecule has 3 heterocycles. The number of amides is 1. The Hall–Kier alpha value is -3.16. The number of fused-ring (bicyclic) bond motifs is 1. The van der Waals surface area contributed by atoms with Gasteiger partial charge >= 0.3 is 6.01 Å². The molecule has 3 aromatic rings. The Balaban J connectivity index is 1.39. The number of hydrogen-bond donors (Lipinski definition) is 1. The molecule has 0 radical (unpaired) electrons. The van der Waals surface area contributed by atoms with Gasteiger partial charge in [-0.3, -0.25) is 9.48 Å². The zero-order chi connectivity index (χ0) is 18.8. The highest BCUT2D eigenvalue weighted by atomic mass is 16.5. The van der Waals surface area contributed by atoms with Gasteiger partial charge in [0.05, 0.1) is 31.0 Å². The van der Waals surface area contributed by atoms with Gasteiger partial charge < -0.3 is 14.7 Å². The number of rotatable bonds is 5. The van der Waals surface area contributed by atoms with Gasteiger partial charge in [0, 0.05) is 18.0 Å². The van der Waals surface area contributed by atoms with Crippen molar-refractivity contribution in [1.29, 1.82) is 0 Å². The summed E-state index contributed by atoms with van der Waals surface area (Å²) in [5.41, 5.74) is 2.83. The lowest BCUT2D eigenvalue weighted by molar-refractivity contribution is -0.136. The van der Waals surface area contributed by atoms with Gasteiger partial charge in [0.15, 0.2) is 0 Å². The molecule has 0 atom stereocenters. The Morgan fingerprint density at radius 3 is 2.85 bits per heavy atom. The number of aromatic nitrogens is 4. The number of carbonyl (C=O) groups excluding carboxylic acids is 1. The zero-order valence-electron chi connectivity index (χ0n) is 15.4. The lowest BCUT2D eigenvalue weighted by Crippen LogP contribution is -2.40. The van der Waals surface area contributed by atoms with E-state index in [9.17, 15) is 4.79 Å². The fraction of sp³-hybridized carbons (Fsp3) is 0.368. The first-order chi connectivity index (χ1) is 13.1. The van der Waals surface area contributed by atoms with Crippen molar-refractivity contribution in [3.8, 4) is 11.4 Å². The Kier molecular flexibility index (Phi) is 4.62. The molecule has 1 aliphatic heterocycles. The molecule has 1 aromatic carbocycles. The summed E-state index contributed by atoms with van der Waals surface area (Å²) in [7, 11) is 0. The molecular formula is C19H22N6O2. The minimum atomic E-state index is 0.0111. The molecule has 1 amide bonds. The summed E-state index contributed by atoms with van der Waals surface area (Å²) >= 11 is 0. The van der Waals surface area contributed by atoms with Crippen LogP contribution in [0.4, 0.5) is 6.01 Å². The molecule has 8 heteroatoms. The van der Waals surface area contributed by atoms with Crippen LogP contribution in [0.2, 0.25) is 0 Å². The average Bonchev–Trinajstić information content (AvgIpc) is 3.32. The van der Waals surface area contributed by atoms with Crippen LogP contribution in [0.3, 0.4) is 0 Å². The van der Waals surface area contributed by atoms with Crippen LogP contribution >= 0.6 is 0 Å². The van der Waals surface area contributed by atoms with Gasteiger partial charge in [-0.15, -0.1) is 0 Å². The summed E-state index contributed by atoms with van der Waals surface area (Å²) in [6, 6.07) is 12.0. The molecular weight excluding hydrogens is 344 g/mol. The largest absolute Gasteiger partial charge is 0.335 e. The van der Waals surface area contributed by atoms with Gasteiger partial charge in [-0.05, 0) is 6.07 Å². The van der Waals surface area contributed by atoms with E-state index in [1.54, 1.807) is 0 Å².